The van der Waals surface area contributed by atoms with E-state index in [-0.39, 0.29) is 18.2 Å². The van der Waals surface area contributed by atoms with Gasteiger partial charge < -0.3 is 10.1 Å². The van der Waals surface area contributed by atoms with Crippen LogP contribution in [0.2, 0.25) is 0 Å². The number of nitrogens with one attached hydrogen (secondary N) is 1. The Bertz CT molecular complexity index is 668. The number of ether oxygens (including phenoxy) is 1. The van der Waals surface area contributed by atoms with Crippen LogP contribution in [0.25, 0.3) is 0 Å². The van der Waals surface area contributed by atoms with Crippen LogP contribution in [0.15, 0.2) is 30.3 Å². The fourth-order valence-corrected chi connectivity index (χ4v) is 3.65. The molecule has 1 aromatic carbocycles. The molecule has 1 fully saturated rings. The second kappa shape index (κ2) is 9.93. The first-order valence-electron chi connectivity index (χ1n) is 9.27. The molecule has 1 unspecified atom stereocenters. The van der Waals surface area contributed by atoms with E-state index in [2.05, 4.69) is 12.2 Å². The molecule has 1 N–H and O–H groups in total. The van der Waals surface area contributed by atoms with Gasteiger partial charge in [-0.15, -0.1) is 12.4 Å². The Hall–Kier alpha value is -1.59. The summed E-state index contributed by atoms with van der Waals surface area (Å²) in [6.45, 7) is 3.39. The van der Waals surface area contributed by atoms with Crippen LogP contribution < -0.4 is 10.1 Å². The summed E-state index contributed by atoms with van der Waals surface area (Å²) >= 11 is 0. The maximum absolute atomic E-state index is 13.1. The van der Waals surface area contributed by atoms with Crippen LogP contribution in [0, 0.1) is 11.7 Å². The summed E-state index contributed by atoms with van der Waals surface area (Å²) in [5.41, 5.74) is 1.94. The molecule has 1 heterocycles. The number of halogens is 2. The van der Waals surface area contributed by atoms with E-state index in [0.717, 1.165) is 23.7 Å². The minimum absolute atomic E-state index is 0. The van der Waals surface area contributed by atoms with Crippen molar-refractivity contribution >= 4 is 12.4 Å². The molecular weight excluding hydrogens is 353 g/mol. The largest absolute Gasteiger partial charge is 0.473 e. The molecule has 1 atom stereocenters. The van der Waals surface area contributed by atoms with E-state index in [9.17, 15) is 4.39 Å². The average molecular weight is 382 g/mol. The first kappa shape index (κ1) is 20.7. The van der Waals surface area contributed by atoms with Gasteiger partial charge in [0.25, 0.3) is 0 Å². The lowest BCUT2D eigenvalue weighted by Crippen LogP contribution is -2.21. The van der Waals surface area contributed by atoms with Crippen LogP contribution in [0.5, 0.6) is 5.88 Å². The molecule has 144 valence electrons. The van der Waals surface area contributed by atoms with Gasteiger partial charge in [-0.3, -0.25) is 0 Å². The van der Waals surface area contributed by atoms with Crippen LogP contribution in [0.1, 0.15) is 56.3 Å². The van der Waals surface area contributed by atoms with Gasteiger partial charge in [-0.05, 0) is 50.4 Å². The van der Waals surface area contributed by atoms with Crippen LogP contribution in [-0.4, -0.2) is 16.8 Å². The molecule has 0 bridgehead atoms. The summed E-state index contributed by atoms with van der Waals surface area (Å²) in [5.74, 6) is 1.23. The Kier molecular flexibility index (Phi) is 7.91. The lowest BCUT2D eigenvalue weighted by molar-refractivity contribution is 0.209. The Morgan fingerprint density at radius 3 is 2.58 bits per heavy atom. The quantitative estimate of drug-likeness (QED) is 0.742. The normalized spacial score (nSPS) is 16.1. The van der Waals surface area contributed by atoms with Crippen LogP contribution >= 0.6 is 12.4 Å². The molecule has 0 radical (unpaired) electrons. The Morgan fingerprint density at radius 2 is 1.92 bits per heavy atom. The van der Waals surface area contributed by atoms with Gasteiger partial charge in [0, 0.05) is 12.6 Å². The molecular formula is C20H29ClFN3O. The van der Waals surface area contributed by atoms with Gasteiger partial charge in [0.1, 0.15) is 12.4 Å². The zero-order chi connectivity index (χ0) is 17.6. The average Bonchev–Trinajstić information content (AvgIpc) is 3.04. The third-order valence-corrected chi connectivity index (χ3v) is 5.13. The molecule has 4 nitrogen and oxygen atoms in total. The van der Waals surface area contributed by atoms with Crippen molar-refractivity contribution in [2.45, 2.75) is 58.2 Å². The summed E-state index contributed by atoms with van der Waals surface area (Å²) in [4.78, 5) is 0. The van der Waals surface area contributed by atoms with Crippen molar-refractivity contribution in [1.82, 2.24) is 15.1 Å². The highest BCUT2D eigenvalue weighted by Crippen LogP contribution is 2.34. The maximum atomic E-state index is 13.1. The molecule has 3 rings (SSSR count). The molecule has 0 saturated heterocycles. The first-order chi connectivity index (χ1) is 12.2. The number of aromatic nitrogens is 2. The minimum Gasteiger partial charge on any atom is -0.473 e. The Balaban J connectivity index is 0.00000243. The minimum atomic E-state index is -0.226. The molecule has 6 heteroatoms. The van der Waals surface area contributed by atoms with E-state index in [0.29, 0.717) is 18.6 Å². The van der Waals surface area contributed by atoms with Gasteiger partial charge >= 0.3 is 0 Å². The topological polar surface area (TPSA) is 39.1 Å². The second-order valence-corrected chi connectivity index (χ2v) is 7.00. The van der Waals surface area contributed by atoms with E-state index in [1.807, 2.05) is 17.8 Å². The molecule has 0 spiro atoms. The number of benzene rings is 1. The van der Waals surface area contributed by atoms with E-state index in [4.69, 9.17) is 9.84 Å². The number of nitrogens with zero attached hydrogens (tertiary/aromatic N) is 2. The Labute approximate surface area is 161 Å². The van der Waals surface area contributed by atoms with Crippen molar-refractivity contribution < 1.29 is 9.13 Å². The van der Waals surface area contributed by atoms with Crippen LogP contribution in [-0.2, 0) is 13.2 Å². The molecule has 1 aromatic heterocycles. The fourth-order valence-electron chi connectivity index (χ4n) is 3.65. The van der Waals surface area contributed by atoms with E-state index in [1.54, 1.807) is 12.1 Å². The standard InChI is InChI=1S/C20H28FN3O.ClH/c1-15(17-6-4-3-5-7-17)24-20(12-19(23-24)13-22-2)25-14-16-8-10-18(21)11-9-16;/h8-12,15,17,22H,3-7,13-14H2,1-2H3;1H. The molecule has 0 aliphatic heterocycles. The molecule has 26 heavy (non-hydrogen) atoms. The molecule has 0 amide bonds. The van der Waals surface area contributed by atoms with Crippen molar-refractivity contribution in [3.63, 3.8) is 0 Å². The van der Waals surface area contributed by atoms with Crippen molar-refractivity contribution in [1.29, 1.82) is 0 Å². The predicted octanol–water partition coefficient (Wildman–Crippen LogP) is 4.88. The third kappa shape index (κ3) is 5.21. The van der Waals surface area contributed by atoms with E-state index >= 15 is 0 Å². The zero-order valence-corrected chi connectivity index (χ0v) is 16.4. The van der Waals surface area contributed by atoms with Gasteiger partial charge in [0.15, 0.2) is 0 Å². The van der Waals surface area contributed by atoms with Gasteiger partial charge in [0.2, 0.25) is 5.88 Å². The molecule has 2 aromatic rings. The van der Waals surface area contributed by atoms with Crippen molar-refractivity contribution in [3.05, 3.63) is 47.4 Å². The van der Waals surface area contributed by atoms with Gasteiger partial charge in [0.05, 0.1) is 11.7 Å². The number of hydrogen-bond donors (Lipinski definition) is 1. The van der Waals surface area contributed by atoms with Crippen LogP contribution in [0.4, 0.5) is 4.39 Å². The summed E-state index contributed by atoms with van der Waals surface area (Å²) in [5, 5.41) is 7.92. The highest BCUT2D eigenvalue weighted by Gasteiger charge is 2.24. The van der Waals surface area contributed by atoms with Gasteiger partial charge in [-0.2, -0.15) is 5.10 Å². The smallest absolute Gasteiger partial charge is 0.212 e. The summed E-state index contributed by atoms with van der Waals surface area (Å²) in [7, 11) is 1.92. The van der Waals surface area contributed by atoms with Crippen molar-refractivity contribution in [2.75, 3.05) is 7.05 Å². The number of hydrogen-bond acceptors (Lipinski definition) is 3. The summed E-state index contributed by atoms with van der Waals surface area (Å²) in [6, 6.07) is 8.79. The lowest BCUT2D eigenvalue weighted by Gasteiger charge is -2.28. The van der Waals surface area contributed by atoms with E-state index < -0.39 is 0 Å². The SMILES string of the molecule is CNCc1cc(OCc2ccc(F)cc2)n(C(C)C2CCCCC2)n1.Cl. The van der Waals surface area contributed by atoms with E-state index in [1.165, 1.54) is 44.2 Å². The first-order valence-corrected chi connectivity index (χ1v) is 9.27. The fraction of sp³-hybridized carbons (Fsp3) is 0.550. The molecule has 1 aliphatic rings. The predicted molar refractivity (Wildman–Crippen MR) is 104 cm³/mol. The lowest BCUT2D eigenvalue weighted by atomic mass is 9.85. The zero-order valence-electron chi connectivity index (χ0n) is 15.6. The highest BCUT2D eigenvalue weighted by atomic mass is 35.5. The third-order valence-electron chi connectivity index (χ3n) is 5.13. The van der Waals surface area contributed by atoms with Crippen molar-refractivity contribution in [3.8, 4) is 5.88 Å². The summed E-state index contributed by atoms with van der Waals surface area (Å²) < 4.78 is 21.2. The second-order valence-electron chi connectivity index (χ2n) is 7.00. The van der Waals surface area contributed by atoms with Crippen molar-refractivity contribution in [2.24, 2.45) is 5.92 Å². The van der Waals surface area contributed by atoms with Gasteiger partial charge in [-0.1, -0.05) is 31.4 Å². The highest BCUT2D eigenvalue weighted by molar-refractivity contribution is 5.85. The van der Waals surface area contributed by atoms with Crippen LogP contribution in [0.3, 0.4) is 0 Å². The molecule has 1 aliphatic carbocycles. The maximum Gasteiger partial charge on any atom is 0.212 e. The monoisotopic (exact) mass is 381 g/mol. The Morgan fingerprint density at radius 1 is 1.23 bits per heavy atom. The molecule has 1 saturated carbocycles. The summed E-state index contributed by atoms with van der Waals surface area (Å²) in [6.07, 6.45) is 6.50. The number of rotatable bonds is 7. The van der Waals surface area contributed by atoms with Gasteiger partial charge in [-0.25, -0.2) is 9.07 Å².